The van der Waals surface area contributed by atoms with Crippen LogP contribution in [0.5, 0.6) is 5.75 Å². The van der Waals surface area contributed by atoms with Crippen LogP contribution in [0.15, 0.2) is 17.0 Å². The van der Waals surface area contributed by atoms with Crippen LogP contribution in [0.3, 0.4) is 0 Å². The first kappa shape index (κ1) is 18.4. The molecule has 0 unspecified atom stereocenters. The van der Waals surface area contributed by atoms with Crippen LogP contribution in [-0.2, 0) is 27.6 Å². The number of benzene rings is 1. The molecule has 27 heavy (non-hydrogen) atoms. The lowest BCUT2D eigenvalue weighted by molar-refractivity contribution is 0.0729. The molecule has 1 aliphatic heterocycles. The van der Waals surface area contributed by atoms with Gasteiger partial charge in [-0.1, -0.05) is 11.6 Å². The number of fused-ring (bicyclic) bond motifs is 3. The number of aromatic nitrogens is 2. The van der Waals surface area contributed by atoms with Crippen LogP contribution in [0, 0.1) is 0 Å². The maximum atomic E-state index is 13.2. The van der Waals surface area contributed by atoms with E-state index in [0.29, 0.717) is 56.0 Å². The van der Waals surface area contributed by atoms with Gasteiger partial charge in [0.25, 0.3) is 0 Å². The minimum atomic E-state index is -3.74. The van der Waals surface area contributed by atoms with Gasteiger partial charge in [-0.2, -0.15) is 4.31 Å². The van der Waals surface area contributed by atoms with E-state index in [4.69, 9.17) is 26.8 Å². The Labute approximate surface area is 162 Å². The van der Waals surface area contributed by atoms with E-state index in [2.05, 4.69) is 9.97 Å². The molecule has 4 rings (SSSR count). The molecule has 144 valence electrons. The molecule has 8 nitrogen and oxygen atoms in total. The van der Waals surface area contributed by atoms with E-state index in [-0.39, 0.29) is 16.0 Å². The summed E-state index contributed by atoms with van der Waals surface area (Å²) in [7, 11) is -2.28. The number of rotatable bonds is 3. The number of halogens is 1. The van der Waals surface area contributed by atoms with Gasteiger partial charge in [-0.25, -0.2) is 18.4 Å². The average Bonchev–Trinajstić information content (AvgIpc) is 2.66. The van der Waals surface area contributed by atoms with Gasteiger partial charge in [0.1, 0.15) is 15.8 Å². The zero-order valence-corrected chi connectivity index (χ0v) is 16.3. The first-order chi connectivity index (χ1) is 12.9. The van der Waals surface area contributed by atoms with E-state index in [1.807, 2.05) is 0 Å². The molecule has 1 fully saturated rings. The summed E-state index contributed by atoms with van der Waals surface area (Å²) in [5, 5.41) is 0.221. The number of aryl methyl sites for hydroxylation is 2. The Bertz CT molecular complexity index is 1010. The lowest BCUT2D eigenvalue weighted by atomic mass is 9.89. The molecule has 1 aromatic heterocycles. The number of methoxy groups -OCH3 is 1. The molecule has 0 amide bonds. The molecule has 2 aliphatic rings. The van der Waals surface area contributed by atoms with Crippen LogP contribution in [0.25, 0.3) is 11.1 Å². The summed E-state index contributed by atoms with van der Waals surface area (Å²) in [6.07, 6.45) is 1.33. The average molecular weight is 411 g/mol. The van der Waals surface area contributed by atoms with Crippen molar-refractivity contribution in [2.24, 2.45) is 0 Å². The fourth-order valence-electron chi connectivity index (χ4n) is 3.52. The highest BCUT2D eigenvalue weighted by atomic mass is 35.5. The van der Waals surface area contributed by atoms with Gasteiger partial charge < -0.3 is 15.2 Å². The number of ether oxygens (including phenoxy) is 2. The Kier molecular flexibility index (Phi) is 4.71. The van der Waals surface area contributed by atoms with Gasteiger partial charge in [0, 0.05) is 18.7 Å². The van der Waals surface area contributed by atoms with Gasteiger partial charge in [0.05, 0.1) is 26.0 Å². The van der Waals surface area contributed by atoms with Gasteiger partial charge >= 0.3 is 0 Å². The van der Waals surface area contributed by atoms with Crippen molar-refractivity contribution >= 4 is 27.6 Å². The summed E-state index contributed by atoms with van der Waals surface area (Å²) in [4.78, 5) is 8.41. The van der Waals surface area contributed by atoms with Crippen LogP contribution >= 0.6 is 11.6 Å². The number of morpholine rings is 1. The van der Waals surface area contributed by atoms with E-state index in [1.165, 1.54) is 11.4 Å². The van der Waals surface area contributed by atoms with Gasteiger partial charge in [0.15, 0.2) is 0 Å². The van der Waals surface area contributed by atoms with Crippen LogP contribution < -0.4 is 10.5 Å². The maximum Gasteiger partial charge on any atom is 0.246 e. The van der Waals surface area contributed by atoms with Crippen molar-refractivity contribution in [2.75, 3.05) is 39.1 Å². The molecule has 10 heteroatoms. The normalized spacial score (nSPS) is 17.3. The molecule has 0 spiro atoms. The minimum absolute atomic E-state index is 0.103. The molecular formula is C17H19ClN4O4S. The lowest BCUT2D eigenvalue weighted by Crippen LogP contribution is -2.40. The third-order valence-electron chi connectivity index (χ3n) is 4.83. The number of sulfonamides is 1. The summed E-state index contributed by atoms with van der Waals surface area (Å²) in [6.45, 7) is 1.35. The van der Waals surface area contributed by atoms with Gasteiger partial charge in [0.2, 0.25) is 16.0 Å². The van der Waals surface area contributed by atoms with E-state index >= 15 is 0 Å². The Morgan fingerprint density at radius 3 is 2.67 bits per heavy atom. The van der Waals surface area contributed by atoms with Crippen molar-refractivity contribution in [1.82, 2.24) is 14.3 Å². The Morgan fingerprint density at radius 1 is 1.22 bits per heavy atom. The summed E-state index contributed by atoms with van der Waals surface area (Å²) >= 11 is 6.33. The second-order valence-electron chi connectivity index (χ2n) is 6.37. The topological polar surface area (TPSA) is 108 Å². The Morgan fingerprint density at radius 2 is 1.96 bits per heavy atom. The van der Waals surface area contributed by atoms with Crippen molar-refractivity contribution < 1.29 is 17.9 Å². The zero-order valence-electron chi connectivity index (χ0n) is 14.7. The number of nitrogens with zero attached hydrogens (tertiary/aromatic N) is 3. The van der Waals surface area contributed by atoms with Crippen LogP contribution in [0.4, 0.5) is 5.95 Å². The molecule has 0 bridgehead atoms. The summed E-state index contributed by atoms with van der Waals surface area (Å²) in [5.74, 6) is 0.424. The predicted molar refractivity (Wildman–Crippen MR) is 100 cm³/mol. The van der Waals surface area contributed by atoms with Crippen LogP contribution in [-0.4, -0.2) is 56.1 Å². The molecule has 0 saturated carbocycles. The van der Waals surface area contributed by atoms with Crippen molar-refractivity contribution in [2.45, 2.75) is 17.7 Å². The Balaban J connectivity index is 1.90. The maximum absolute atomic E-state index is 13.2. The summed E-state index contributed by atoms with van der Waals surface area (Å²) < 4.78 is 38.5. The predicted octanol–water partition coefficient (Wildman–Crippen LogP) is 1.51. The minimum Gasteiger partial charge on any atom is -0.495 e. The molecule has 2 heterocycles. The molecular weight excluding hydrogens is 392 g/mol. The fraction of sp³-hybridized carbons (Fsp3) is 0.412. The van der Waals surface area contributed by atoms with Gasteiger partial charge in [-0.05, 0) is 36.1 Å². The molecule has 2 N–H and O–H groups in total. The summed E-state index contributed by atoms with van der Waals surface area (Å²) in [5.41, 5.74) is 8.70. The molecule has 0 atom stereocenters. The number of nitrogens with two attached hydrogens (primary N) is 1. The van der Waals surface area contributed by atoms with Crippen molar-refractivity contribution in [3.8, 4) is 16.9 Å². The smallest absolute Gasteiger partial charge is 0.246 e. The van der Waals surface area contributed by atoms with Gasteiger partial charge in [-0.3, -0.25) is 0 Å². The number of anilines is 1. The monoisotopic (exact) mass is 410 g/mol. The standard InChI is InChI=1S/C17H19ClN4O4S/c1-25-13-8-10-2-3-12-15(16(18)21-17(19)20-12)11(10)9-14(13)27(23,24)22-4-6-26-7-5-22/h8-9H,2-7H2,1H3,(H2,19,20,21). The second-order valence-corrected chi connectivity index (χ2v) is 8.64. The highest BCUT2D eigenvalue weighted by molar-refractivity contribution is 7.89. The highest BCUT2D eigenvalue weighted by Gasteiger charge is 2.32. The van der Waals surface area contributed by atoms with E-state index < -0.39 is 10.0 Å². The first-order valence-electron chi connectivity index (χ1n) is 8.53. The molecule has 1 aromatic carbocycles. The SMILES string of the molecule is COc1cc2c(cc1S(=O)(=O)N1CCOCC1)-c1c(Cl)nc(N)nc1CC2. The molecule has 2 aromatic rings. The van der Waals surface area contributed by atoms with E-state index in [1.54, 1.807) is 12.1 Å². The van der Waals surface area contributed by atoms with Gasteiger partial charge in [-0.15, -0.1) is 0 Å². The molecule has 1 aliphatic carbocycles. The Hall–Kier alpha value is -1.94. The zero-order chi connectivity index (χ0) is 19.2. The highest BCUT2D eigenvalue weighted by Crippen LogP contribution is 2.41. The largest absolute Gasteiger partial charge is 0.495 e. The van der Waals surface area contributed by atoms with Crippen molar-refractivity contribution in [3.63, 3.8) is 0 Å². The van der Waals surface area contributed by atoms with E-state index in [9.17, 15) is 8.42 Å². The lowest BCUT2D eigenvalue weighted by Gasteiger charge is -2.28. The van der Waals surface area contributed by atoms with E-state index in [0.717, 1.165) is 11.3 Å². The number of nitrogen functional groups attached to an aromatic ring is 1. The van der Waals surface area contributed by atoms with Crippen LogP contribution in [0.1, 0.15) is 11.3 Å². The van der Waals surface area contributed by atoms with Crippen molar-refractivity contribution in [3.05, 3.63) is 28.5 Å². The van der Waals surface area contributed by atoms with Crippen molar-refractivity contribution in [1.29, 1.82) is 0 Å². The fourth-order valence-corrected chi connectivity index (χ4v) is 5.39. The molecule has 0 radical (unpaired) electrons. The number of hydrogen-bond acceptors (Lipinski definition) is 7. The third kappa shape index (κ3) is 3.14. The van der Waals surface area contributed by atoms with Crippen LogP contribution in [0.2, 0.25) is 5.15 Å². The molecule has 1 saturated heterocycles. The quantitative estimate of drug-likeness (QED) is 0.764. The third-order valence-corrected chi connectivity index (χ3v) is 7.03. The summed E-state index contributed by atoms with van der Waals surface area (Å²) in [6, 6.07) is 3.38. The first-order valence-corrected chi connectivity index (χ1v) is 10.3. The second kappa shape index (κ2) is 6.90. The number of hydrogen-bond donors (Lipinski definition) is 1.